The highest BCUT2D eigenvalue weighted by Gasteiger charge is 2.52. The van der Waals surface area contributed by atoms with Crippen molar-refractivity contribution in [3.8, 4) is 0 Å². The van der Waals surface area contributed by atoms with Crippen molar-refractivity contribution in [3.63, 3.8) is 0 Å². The molecule has 0 radical (unpaired) electrons. The molecule has 2 N–H and O–H groups in total. The van der Waals surface area contributed by atoms with Gasteiger partial charge in [-0.1, -0.05) is 0 Å². The van der Waals surface area contributed by atoms with E-state index in [9.17, 15) is 9.59 Å². The predicted octanol–water partition coefficient (Wildman–Crippen LogP) is -0.539. The van der Waals surface area contributed by atoms with Crippen LogP contribution in [0.25, 0.3) is 0 Å². The van der Waals surface area contributed by atoms with Gasteiger partial charge in [0.1, 0.15) is 0 Å². The number of piperidine rings is 1. The molecule has 2 aliphatic heterocycles. The Morgan fingerprint density at radius 2 is 2.00 bits per heavy atom. The van der Waals surface area contributed by atoms with Crippen molar-refractivity contribution in [2.24, 2.45) is 5.41 Å². The number of hydrogen-bond donors (Lipinski definition) is 2. The van der Waals surface area contributed by atoms with Gasteiger partial charge in [-0.3, -0.25) is 14.4 Å². The van der Waals surface area contributed by atoms with Crippen LogP contribution in [-0.4, -0.2) is 48.3 Å². The molecule has 0 atom stereocenters. The molecular formula is C10H17ClN2O4. The van der Waals surface area contributed by atoms with Crippen LogP contribution in [0.2, 0.25) is 0 Å². The van der Waals surface area contributed by atoms with Gasteiger partial charge in [-0.2, -0.15) is 5.06 Å². The fourth-order valence-corrected chi connectivity index (χ4v) is 2.32. The fraction of sp³-hybridized carbons (Fsp3) is 0.800. The van der Waals surface area contributed by atoms with Crippen molar-refractivity contribution in [1.82, 2.24) is 10.4 Å². The summed E-state index contributed by atoms with van der Waals surface area (Å²) in [7, 11) is 0. The van der Waals surface area contributed by atoms with Gasteiger partial charge in [0.2, 0.25) is 0 Å². The highest BCUT2D eigenvalue weighted by Crippen LogP contribution is 2.40. The number of nitrogens with zero attached hydrogens (tertiary/aromatic N) is 1. The van der Waals surface area contributed by atoms with E-state index < -0.39 is 5.41 Å². The number of imide groups is 1. The monoisotopic (exact) mass is 264 g/mol. The first-order valence-electron chi connectivity index (χ1n) is 5.51. The highest BCUT2D eigenvalue weighted by molar-refractivity contribution is 6.04. The third-order valence-electron chi connectivity index (χ3n) is 3.23. The second-order valence-corrected chi connectivity index (χ2v) is 4.26. The van der Waals surface area contributed by atoms with Crippen LogP contribution in [0.4, 0.5) is 0 Å². The second kappa shape index (κ2) is 5.77. The molecule has 0 aromatic carbocycles. The van der Waals surface area contributed by atoms with Gasteiger partial charge in [-0.25, -0.2) is 0 Å². The Balaban J connectivity index is 0.00000144. The first kappa shape index (κ1) is 14.4. The van der Waals surface area contributed by atoms with Crippen LogP contribution in [-0.2, 0) is 14.4 Å². The summed E-state index contributed by atoms with van der Waals surface area (Å²) in [5.41, 5.74) is -0.558. The zero-order valence-corrected chi connectivity index (χ0v) is 10.3. The normalized spacial score (nSPS) is 23.0. The van der Waals surface area contributed by atoms with Crippen LogP contribution in [0.1, 0.15) is 19.3 Å². The summed E-state index contributed by atoms with van der Waals surface area (Å²) in [4.78, 5) is 28.7. The Bertz CT molecular complexity index is 305. The van der Waals surface area contributed by atoms with Crippen LogP contribution in [0.15, 0.2) is 0 Å². The van der Waals surface area contributed by atoms with Crippen molar-refractivity contribution in [2.45, 2.75) is 19.3 Å². The summed E-state index contributed by atoms with van der Waals surface area (Å²) in [6, 6.07) is 0. The minimum atomic E-state index is -0.558. The van der Waals surface area contributed by atoms with Crippen molar-refractivity contribution in [2.75, 3.05) is 26.3 Å². The SMILES string of the molecule is Cl.O=C1CC2(CCNCC2)C(=O)N1OCCO. The Morgan fingerprint density at radius 3 is 2.59 bits per heavy atom. The number of aliphatic hydroxyl groups is 1. The standard InChI is InChI=1S/C10H16N2O4.ClH/c13-5-6-16-12-8(14)7-10(9(12)15)1-3-11-4-2-10;/h11,13H,1-7H2;1H. The van der Waals surface area contributed by atoms with Crippen molar-refractivity contribution in [1.29, 1.82) is 0 Å². The second-order valence-electron chi connectivity index (χ2n) is 4.26. The number of carbonyl (C=O) groups excluding carboxylic acids is 2. The van der Waals surface area contributed by atoms with E-state index >= 15 is 0 Å². The third-order valence-corrected chi connectivity index (χ3v) is 3.23. The topological polar surface area (TPSA) is 78.9 Å². The first-order valence-corrected chi connectivity index (χ1v) is 5.51. The summed E-state index contributed by atoms with van der Waals surface area (Å²) >= 11 is 0. The van der Waals surface area contributed by atoms with Crippen molar-refractivity contribution in [3.05, 3.63) is 0 Å². The molecule has 0 aromatic heterocycles. The highest BCUT2D eigenvalue weighted by atomic mass is 35.5. The summed E-state index contributed by atoms with van der Waals surface area (Å²) in [5, 5.41) is 12.6. The minimum absolute atomic E-state index is 0. The van der Waals surface area contributed by atoms with E-state index in [1.165, 1.54) is 0 Å². The number of hydroxylamine groups is 2. The largest absolute Gasteiger partial charge is 0.394 e. The Hall–Kier alpha value is -0.690. The number of hydrogen-bond acceptors (Lipinski definition) is 5. The smallest absolute Gasteiger partial charge is 0.260 e. The molecule has 2 saturated heterocycles. The van der Waals surface area contributed by atoms with E-state index in [4.69, 9.17) is 9.94 Å². The van der Waals surface area contributed by atoms with E-state index in [2.05, 4.69) is 5.32 Å². The number of carbonyl (C=O) groups is 2. The molecule has 6 nitrogen and oxygen atoms in total. The van der Waals surface area contributed by atoms with Gasteiger partial charge in [0, 0.05) is 6.42 Å². The molecule has 2 heterocycles. The maximum Gasteiger partial charge on any atom is 0.260 e. The van der Waals surface area contributed by atoms with Gasteiger partial charge < -0.3 is 10.4 Å². The third kappa shape index (κ3) is 2.60. The summed E-state index contributed by atoms with van der Waals surface area (Å²) < 4.78 is 0. The van der Waals surface area contributed by atoms with Gasteiger partial charge in [-0.05, 0) is 25.9 Å². The molecule has 2 amide bonds. The molecule has 0 aliphatic carbocycles. The molecule has 2 fully saturated rings. The summed E-state index contributed by atoms with van der Waals surface area (Å²) in [6.45, 7) is 1.29. The lowest BCUT2D eigenvalue weighted by Crippen LogP contribution is -2.43. The molecule has 0 saturated carbocycles. The van der Waals surface area contributed by atoms with Gasteiger partial charge in [0.15, 0.2) is 0 Å². The van der Waals surface area contributed by atoms with E-state index in [1.54, 1.807) is 0 Å². The lowest BCUT2D eigenvalue weighted by atomic mass is 9.77. The van der Waals surface area contributed by atoms with Crippen LogP contribution in [0.5, 0.6) is 0 Å². The number of amides is 2. The van der Waals surface area contributed by atoms with E-state index in [1.807, 2.05) is 0 Å². The van der Waals surface area contributed by atoms with Gasteiger partial charge in [-0.15, -0.1) is 12.4 Å². The van der Waals surface area contributed by atoms with Gasteiger partial charge >= 0.3 is 0 Å². The van der Waals surface area contributed by atoms with Crippen LogP contribution < -0.4 is 5.32 Å². The number of nitrogens with one attached hydrogen (secondary N) is 1. The Morgan fingerprint density at radius 1 is 1.35 bits per heavy atom. The molecule has 0 unspecified atom stereocenters. The van der Waals surface area contributed by atoms with Crippen LogP contribution in [0.3, 0.4) is 0 Å². The lowest BCUT2D eigenvalue weighted by molar-refractivity contribution is -0.192. The van der Waals surface area contributed by atoms with Crippen LogP contribution >= 0.6 is 12.4 Å². The number of aliphatic hydroxyl groups excluding tert-OH is 1. The lowest BCUT2D eigenvalue weighted by Gasteiger charge is -2.30. The van der Waals surface area contributed by atoms with E-state index in [-0.39, 0.29) is 43.9 Å². The summed E-state index contributed by atoms with van der Waals surface area (Å²) in [6.07, 6.45) is 1.59. The van der Waals surface area contributed by atoms with Crippen molar-refractivity contribution < 1.29 is 19.5 Å². The Kier molecular flexibility index (Phi) is 4.88. The molecule has 2 aliphatic rings. The molecule has 98 valence electrons. The van der Waals surface area contributed by atoms with Gasteiger partial charge in [0.25, 0.3) is 11.8 Å². The molecule has 7 heteroatoms. The van der Waals surface area contributed by atoms with E-state index in [0.29, 0.717) is 12.8 Å². The van der Waals surface area contributed by atoms with Crippen LogP contribution in [0, 0.1) is 5.41 Å². The number of halogens is 1. The maximum absolute atomic E-state index is 12.1. The van der Waals surface area contributed by atoms with Crippen molar-refractivity contribution >= 4 is 24.2 Å². The summed E-state index contributed by atoms with van der Waals surface area (Å²) in [5.74, 6) is -0.534. The molecule has 2 rings (SSSR count). The zero-order valence-electron chi connectivity index (χ0n) is 9.48. The quantitative estimate of drug-likeness (QED) is 0.670. The molecule has 17 heavy (non-hydrogen) atoms. The molecule has 1 spiro atoms. The fourth-order valence-electron chi connectivity index (χ4n) is 2.32. The molecular weight excluding hydrogens is 248 g/mol. The Labute approximate surface area is 106 Å². The predicted molar refractivity (Wildman–Crippen MR) is 61.3 cm³/mol. The number of rotatable bonds is 3. The minimum Gasteiger partial charge on any atom is -0.394 e. The van der Waals surface area contributed by atoms with Gasteiger partial charge in [0.05, 0.1) is 18.6 Å². The zero-order chi connectivity index (χ0) is 11.6. The average Bonchev–Trinajstić information content (AvgIpc) is 2.50. The molecule has 0 aromatic rings. The molecule has 0 bridgehead atoms. The average molecular weight is 265 g/mol. The maximum atomic E-state index is 12.1. The first-order chi connectivity index (χ1) is 7.69. The van der Waals surface area contributed by atoms with E-state index in [0.717, 1.165) is 18.2 Å².